The van der Waals surface area contributed by atoms with E-state index in [2.05, 4.69) is 10.4 Å². The van der Waals surface area contributed by atoms with Crippen LogP contribution in [-0.4, -0.2) is 22.7 Å². The number of halogens is 2. The van der Waals surface area contributed by atoms with Gasteiger partial charge in [-0.25, -0.2) is 0 Å². The first-order valence-corrected chi connectivity index (χ1v) is 8.49. The number of nitrogens with one attached hydrogen (secondary N) is 1. The molecule has 1 unspecified atom stereocenters. The Bertz CT molecular complexity index is 914. The molecule has 6 nitrogen and oxygen atoms in total. The maximum absolute atomic E-state index is 12.0. The Hall–Kier alpha value is -2.57. The van der Waals surface area contributed by atoms with E-state index in [9.17, 15) is 9.59 Å². The fourth-order valence-electron chi connectivity index (χ4n) is 2.53. The zero-order chi connectivity index (χ0) is 18.8. The topological polar surface area (TPSA) is 71.0 Å². The van der Waals surface area contributed by atoms with E-state index in [-0.39, 0.29) is 17.7 Å². The van der Waals surface area contributed by atoms with Crippen LogP contribution in [0.3, 0.4) is 0 Å². The second-order valence-corrected chi connectivity index (χ2v) is 6.51. The first-order valence-electron chi connectivity index (χ1n) is 7.73. The van der Waals surface area contributed by atoms with Gasteiger partial charge in [-0.15, -0.1) is 5.10 Å². The Labute approximate surface area is 160 Å². The summed E-state index contributed by atoms with van der Waals surface area (Å²) in [6.45, 7) is 2.81. The van der Waals surface area contributed by atoms with Crippen molar-refractivity contribution in [2.45, 2.75) is 20.1 Å². The van der Waals surface area contributed by atoms with E-state index in [0.29, 0.717) is 26.9 Å². The molecule has 2 amide bonds. The van der Waals surface area contributed by atoms with Crippen LogP contribution in [0.1, 0.15) is 31.2 Å². The number of hydrogen-bond donors (Lipinski definition) is 1. The predicted molar refractivity (Wildman–Crippen MR) is 100 cm³/mol. The van der Waals surface area contributed by atoms with E-state index in [1.165, 1.54) is 18.9 Å². The fraction of sp³-hybridized carbons (Fsp3) is 0.167. The van der Waals surface area contributed by atoms with Crippen molar-refractivity contribution in [2.24, 2.45) is 5.10 Å². The molecular weight excluding hydrogens is 377 g/mol. The molecule has 1 N–H and O–H groups in total. The van der Waals surface area contributed by atoms with Crippen LogP contribution in [0, 0.1) is 0 Å². The normalized spacial score (nSPS) is 16.1. The van der Waals surface area contributed by atoms with Gasteiger partial charge >= 0.3 is 0 Å². The third kappa shape index (κ3) is 3.81. The summed E-state index contributed by atoms with van der Waals surface area (Å²) in [5, 5.41) is 9.04. The molecule has 1 heterocycles. The first kappa shape index (κ1) is 18.2. The number of nitrogens with zero attached hydrogens (tertiary/aromatic N) is 2. The summed E-state index contributed by atoms with van der Waals surface area (Å²) in [7, 11) is 0. The molecule has 0 bridgehead atoms. The molecule has 0 radical (unpaired) electrons. The van der Waals surface area contributed by atoms with E-state index >= 15 is 0 Å². The highest BCUT2D eigenvalue weighted by atomic mass is 35.5. The molecule has 2 aromatic carbocycles. The Kier molecular flexibility index (Phi) is 5.15. The van der Waals surface area contributed by atoms with Gasteiger partial charge in [0.25, 0.3) is 0 Å². The van der Waals surface area contributed by atoms with E-state index in [1.54, 1.807) is 42.5 Å². The summed E-state index contributed by atoms with van der Waals surface area (Å²) in [6, 6.07) is 11.9. The third-order valence-electron chi connectivity index (χ3n) is 3.62. The van der Waals surface area contributed by atoms with Crippen LogP contribution in [0.25, 0.3) is 0 Å². The number of carbonyl (C=O) groups excluding carboxylic acids is 2. The number of hydrazone groups is 1. The van der Waals surface area contributed by atoms with Crippen LogP contribution in [0.4, 0.5) is 5.69 Å². The van der Waals surface area contributed by atoms with Crippen LogP contribution < -0.4 is 5.32 Å². The number of carbonyl (C=O) groups is 2. The zero-order valence-electron chi connectivity index (χ0n) is 14.0. The summed E-state index contributed by atoms with van der Waals surface area (Å²) < 4.78 is 5.90. The zero-order valence-corrected chi connectivity index (χ0v) is 15.5. The summed E-state index contributed by atoms with van der Waals surface area (Å²) in [4.78, 5) is 23.3. The fourth-order valence-corrected chi connectivity index (χ4v) is 3.02. The van der Waals surface area contributed by atoms with E-state index in [4.69, 9.17) is 27.9 Å². The van der Waals surface area contributed by atoms with Crippen molar-refractivity contribution in [3.05, 3.63) is 63.6 Å². The van der Waals surface area contributed by atoms with Gasteiger partial charge in [0.2, 0.25) is 23.9 Å². The Morgan fingerprint density at radius 2 is 1.92 bits per heavy atom. The largest absolute Gasteiger partial charge is 0.446 e. The van der Waals surface area contributed by atoms with E-state index in [1.807, 2.05) is 0 Å². The van der Waals surface area contributed by atoms with Gasteiger partial charge in [0.15, 0.2) is 0 Å². The quantitative estimate of drug-likeness (QED) is 0.852. The molecule has 0 fully saturated rings. The molecule has 0 saturated carbocycles. The molecular formula is C18H15Cl2N3O3. The highest BCUT2D eigenvalue weighted by Crippen LogP contribution is 2.33. The Morgan fingerprint density at radius 3 is 2.58 bits per heavy atom. The second kappa shape index (κ2) is 7.35. The van der Waals surface area contributed by atoms with Gasteiger partial charge in [-0.2, -0.15) is 5.01 Å². The number of ether oxygens (including phenoxy) is 1. The smallest absolute Gasteiger partial charge is 0.243 e. The van der Waals surface area contributed by atoms with Crippen molar-refractivity contribution in [1.82, 2.24) is 5.01 Å². The second-order valence-electron chi connectivity index (χ2n) is 5.67. The van der Waals surface area contributed by atoms with Gasteiger partial charge in [-0.1, -0.05) is 35.3 Å². The Morgan fingerprint density at radius 1 is 1.15 bits per heavy atom. The standard InChI is InChI=1S/C18H15Cl2N3O3/c1-10(24)21-14-5-3-4-12(8-14)18-23(11(2)25)22-17(26-18)15-7-6-13(19)9-16(15)20/h3-9,18H,1-2H3,(H,21,24). The number of anilines is 1. The van der Waals surface area contributed by atoms with Gasteiger partial charge in [-0.05, 0) is 30.3 Å². The van der Waals surface area contributed by atoms with Crippen molar-refractivity contribution in [3.8, 4) is 0 Å². The van der Waals surface area contributed by atoms with Crippen LogP contribution in [0.2, 0.25) is 10.0 Å². The lowest BCUT2D eigenvalue weighted by Crippen LogP contribution is -2.25. The number of benzene rings is 2. The minimum Gasteiger partial charge on any atom is -0.446 e. The maximum atomic E-state index is 12.0. The van der Waals surface area contributed by atoms with E-state index in [0.717, 1.165) is 0 Å². The average Bonchev–Trinajstić information content (AvgIpc) is 3.00. The van der Waals surface area contributed by atoms with Gasteiger partial charge in [-0.3, -0.25) is 9.59 Å². The molecule has 1 aliphatic rings. The molecule has 0 spiro atoms. The molecule has 1 aliphatic heterocycles. The van der Waals surface area contributed by atoms with Crippen LogP contribution >= 0.6 is 23.2 Å². The van der Waals surface area contributed by atoms with Crippen LogP contribution in [-0.2, 0) is 14.3 Å². The lowest BCUT2D eigenvalue weighted by molar-refractivity contribution is -0.135. The maximum Gasteiger partial charge on any atom is 0.243 e. The van der Waals surface area contributed by atoms with Crippen LogP contribution in [0.15, 0.2) is 47.6 Å². The van der Waals surface area contributed by atoms with Gasteiger partial charge in [0.05, 0.1) is 10.6 Å². The molecule has 2 aromatic rings. The lowest BCUT2D eigenvalue weighted by atomic mass is 10.1. The molecule has 3 rings (SSSR count). The summed E-state index contributed by atoms with van der Waals surface area (Å²) in [5.41, 5.74) is 1.79. The first-order chi connectivity index (χ1) is 12.3. The predicted octanol–water partition coefficient (Wildman–Crippen LogP) is 4.19. The molecule has 0 saturated heterocycles. The van der Waals surface area contributed by atoms with Crippen LogP contribution in [0.5, 0.6) is 0 Å². The molecule has 8 heteroatoms. The van der Waals surface area contributed by atoms with Gasteiger partial charge < -0.3 is 10.1 Å². The molecule has 26 heavy (non-hydrogen) atoms. The average molecular weight is 392 g/mol. The number of rotatable bonds is 3. The molecule has 1 atom stereocenters. The SMILES string of the molecule is CC(=O)Nc1cccc(C2OC(c3ccc(Cl)cc3Cl)=NN2C(C)=O)c1. The summed E-state index contributed by atoms with van der Waals surface area (Å²) in [6.07, 6.45) is -0.761. The van der Waals surface area contributed by atoms with Gasteiger partial charge in [0, 0.05) is 30.1 Å². The van der Waals surface area contributed by atoms with Crippen molar-refractivity contribution in [2.75, 3.05) is 5.32 Å². The van der Waals surface area contributed by atoms with Gasteiger partial charge in [0.1, 0.15) is 0 Å². The highest BCUT2D eigenvalue weighted by molar-refractivity contribution is 6.36. The monoisotopic (exact) mass is 391 g/mol. The van der Waals surface area contributed by atoms with Crippen molar-refractivity contribution < 1.29 is 14.3 Å². The molecule has 0 aliphatic carbocycles. The number of hydrogen-bond acceptors (Lipinski definition) is 4. The summed E-state index contributed by atoms with van der Waals surface area (Å²) in [5.74, 6) is -0.264. The molecule has 0 aromatic heterocycles. The molecule has 134 valence electrons. The van der Waals surface area contributed by atoms with Crippen molar-refractivity contribution in [3.63, 3.8) is 0 Å². The lowest BCUT2D eigenvalue weighted by Gasteiger charge is -2.20. The van der Waals surface area contributed by atoms with Crippen molar-refractivity contribution in [1.29, 1.82) is 0 Å². The highest BCUT2D eigenvalue weighted by Gasteiger charge is 2.34. The minimum atomic E-state index is -0.761. The number of amides is 2. The Balaban J connectivity index is 1.94. The third-order valence-corrected chi connectivity index (χ3v) is 4.17. The minimum absolute atomic E-state index is 0.192. The van der Waals surface area contributed by atoms with E-state index < -0.39 is 6.23 Å². The van der Waals surface area contributed by atoms with Crippen molar-refractivity contribution >= 4 is 46.6 Å². The summed E-state index contributed by atoms with van der Waals surface area (Å²) >= 11 is 12.1.